The summed E-state index contributed by atoms with van der Waals surface area (Å²) in [7, 11) is 0. The average molecular weight is 1000 g/mol. The van der Waals surface area contributed by atoms with Crippen molar-refractivity contribution in [3.8, 4) is 33.4 Å². The fourth-order valence-corrected chi connectivity index (χ4v) is 10.9. The van der Waals surface area contributed by atoms with E-state index < -0.39 is 0 Å². The number of rotatable bonds is 8. The first-order chi connectivity index (χ1) is 32.0. The molecule has 0 aliphatic heterocycles. The van der Waals surface area contributed by atoms with Crippen LogP contribution in [0.25, 0.3) is 33.4 Å². The molecule has 0 spiro atoms. The molecular weight excluding hydrogens is 943 g/mol. The van der Waals surface area contributed by atoms with E-state index in [0.29, 0.717) is 0 Å². The number of halogens is 2. The molecule has 68 heavy (non-hydrogen) atoms. The molecule has 2 aliphatic rings. The van der Waals surface area contributed by atoms with Crippen molar-refractivity contribution >= 4 is 3.21 Å². The molecule has 0 heterocycles. The molecule has 0 N–H and O–H groups in total. The van der Waals surface area contributed by atoms with Gasteiger partial charge in [-0.05, 0) is 39.5 Å². The van der Waals surface area contributed by atoms with Crippen molar-refractivity contribution in [2.75, 3.05) is 0 Å². The van der Waals surface area contributed by atoms with Gasteiger partial charge in [0.05, 0.1) is 0 Å². The zero-order valence-corrected chi connectivity index (χ0v) is 44.1. The zero-order valence-electron chi connectivity index (χ0n) is 40.1. The van der Waals surface area contributed by atoms with Crippen LogP contribution in [0.1, 0.15) is 104 Å². The van der Waals surface area contributed by atoms with Crippen molar-refractivity contribution in [1.82, 2.24) is 0 Å². The molecule has 0 unspecified atom stereocenters. The van der Waals surface area contributed by atoms with Crippen LogP contribution in [0, 0.1) is 12.1 Å². The maximum absolute atomic E-state index is 3.88. The number of benzene rings is 8. The van der Waals surface area contributed by atoms with Gasteiger partial charge in [-0.15, -0.1) is 35.2 Å². The molecule has 8 aromatic rings. The van der Waals surface area contributed by atoms with E-state index in [1.165, 1.54) is 105 Å². The van der Waals surface area contributed by atoms with Gasteiger partial charge in [0.1, 0.15) is 0 Å². The molecule has 0 fully saturated rings. The second-order valence-electron chi connectivity index (χ2n) is 19.4. The van der Waals surface area contributed by atoms with Crippen molar-refractivity contribution in [3.63, 3.8) is 0 Å². The van der Waals surface area contributed by atoms with Crippen LogP contribution in [0.2, 0.25) is 0 Å². The quantitative estimate of drug-likeness (QED) is 0.133. The molecule has 0 amide bonds. The zero-order chi connectivity index (χ0) is 46.1. The van der Waals surface area contributed by atoms with Crippen LogP contribution in [-0.4, -0.2) is 3.21 Å². The summed E-state index contributed by atoms with van der Waals surface area (Å²) in [5.74, 6) is 0.567. The van der Waals surface area contributed by atoms with E-state index in [1.807, 2.05) is 12.2 Å². The van der Waals surface area contributed by atoms with Crippen LogP contribution < -0.4 is 24.8 Å². The van der Waals surface area contributed by atoms with Gasteiger partial charge >= 0.3 is 183 Å². The van der Waals surface area contributed by atoms with Crippen molar-refractivity contribution < 1.29 is 49.0 Å². The van der Waals surface area contributed by atoms with Crippen LogP contribution in [-0.2, 0) is 41.5 Å². The Morgan fingerprint density at radius 1 is 0.471 bits per heavy atom. The summed E-state index contributed by atoms with van der Waals surface area (Å²) in [5.41, 5.74) is 18.9. The summed E-state index contributed by atoms with van der Waals surface area (Å²) in [6.07, 6.45) is 10.9. The minimum atomic E-state index is 0. The van der Waals surface area contributed by atoms with Crippen LogP contribution >= 0.6 is 0 Å². The molecule has 0 aromatic heterocycles. The Morgan fingerprint density at radius 3 is 1.24 bits per heavy atom. The molecule has 8 aromatic carbocycles. The molecule has 3 heteroatoms. The van der Waals surface area contributed by atoms with Gasteiger partial charge in [0.15, 0.2) is 0 Å². The van der Waals surface area contributed by atoms with Gasteiger partial charge in [-0.1, -0.05) is 131 Å². The van der Waals surface area contributed by atoms with Crippen LogP contribution in [0.15, 0.2) is 218 Å². The van der Waals surface area contributed by atoms with Crippen molar-refractivity contribution in [3.05, 3.63) is 275 Å². The number of hydrogen-bond donors (Lipinski definition) is 0. The number of allylic oxidation sites excluding steroid dienone is 4. The number of fused-ring (bicyclic) bond motifs is 3. The maximum atomic E-state index is 3.88. The molecular formula is C65H60Cl2Zr-2. The Hall–Kier alpha value is -5.43. The van der Waals surface area contributed by atoms with E-state index >= 15 is 0 Å². The predicted octanol–water partition coefficient (Wildman–Crippen LogP) is 10.7. The molecule has 0 saturated heterocycles. The minimum absolute atomic E-state index is 0. The van der Waals surface area contributed by atoms with Gasteiger partial charge in [-0.3, -0.25) is 6.08 Å². The summed E-state index contributed by atoms with van der Waals surface area (Å²) in [4.78, 5) is 0. The van der Waals surface area contributed by atoms with Crippen LogP contribution in [0.4, 0.5) is 0 Å². The van der Waals surface area contributed by atoms with Crippen LogP contribution in [0.3, 0.4) is 0 Å². The third-order valence-electron chi connectivity index (χ3n) is 12.6. The van der Waals surface area contributed by atoms with E-state index in [9.17, 15) is 0 Å². The predicted molar refractivity (Wildman–Crippen MR) is 278 cm³/mol. The van der Waals surface area contributed by atoms with Crippen molar-refractivity contribution in [1.29, 1.82) is 0 Å². The molecule has 10 rings (SSSR count). The Bertz CT molecular complexity index is 2630. The molecule has 0 radical (unpaired) electrons. The Kier molecular flexibility index (Phi) is 18.1. The van der Waals surface area contributed by atoms with Gasteiger partial charge in [0.2, 0.25) is 0 Å². The second kappa shape index (κ2) is 23.7. The van der Waals surface area contributed by atoms with E-state index in [-0.39, 0.29) is 47.5 Å². The first-order valence-electron chi connectivity index (χ1n) is 23.4. The monoisotopic (exact) mass is 1000 g/mol. The SMILES string of the molecule is CC(C)(C)c1cc2c([c-]c1-c1ccccc1)Cc1cc(-c3ccccc3)c(C(C)(C)C)cc1-2.[C-]1=CC=CC1.[Cl-].[Cl-].[Zr+2]=[C](C(c1ccccc1)c1ccccc1)C(c1ccccc1)c1ccccc1. The molecule has 0 saturated carbocycles. The summed E-state index contributed by atoms with van der Waals surface area (Å²) in [6.45, 7) is 13.9. The van der Waals surface area contributed by atoms with Gasteiger partial charge < -0.3 is 24.8 Å². The molecule has 0 nitrogen and oxygen atoms in total. The van der Waals surface area contributed by atoms with E-state index in [2.05, 4.69) is 260 Å². The molecule has 0 bridgehead atoms. The molecule has 340 valence electrons. The average Bonchev–Trinajstić information content (AvgIpc) is 4.05. The fourth-order valence-electron chi connectivity index (χ4n) is 9.29. The molecule has 2 aliphatic carbocycles. The van der Waals surface area contributed by atoms with Crippen LogP contribution in [0.5, 0.6) is 0 Å². The van der Waals surface area contributed by atoms with E-state index in [4.69, 9.17) is 0 Å². The normalized spacial score (nSPS) is 12.1. The van der Waals surface area contributed by atoms with Gasteiger partial charge in [-0.2, -0.15) is 6.08 Å². The molecule has 0 atom stereocenters. The van der Waals surface area contributed by atoms with Gasteiger partial charge in [-0.25, -0.2) is 12.2 Å². The third kappa shape index (κ3) is 12.4. The number of hydrogen-bond acceptors (Lipinski definition) is 0. The summed E-state index contributed by atoms with van der Waals surface area (Å²) in [5, 5.41) is 0. The third-order valence-corrected chi connectivity index (χ3v) is 14.0. The first-order valence-corrected chi connectivity index (χ1v) is 24.6. The fraction of sp³-hybridized carbons (Fsp3) is 0.185. The first kappa shape index (κ1) is 52.0. The summed E-state index contributed by atoms with van der Waals surface area (Å²) in [6, 6.07) is 76.5. The Morgan fingerprint density at radius 2 is 0.868 bits per heavy atom. The standard InChI is InChI=1S/C33H33.C27H22.C5H5.2ClH.Zr/c1-32(2,3)30-20-26-24(18-28(30)22-13-9-7-10-14-22)17-25-19-29(23-15-11-8-12-16-23)31(21-27(25)26)33(4,5)6;1-5-13-22(14-6-1)26(23-15-7-2-8-16-23)21-27(24-17-9-3-10-18-24)25-19-11-4-12-20-25;1-2-4-5-3-1;;;/h7-16,18,20-21H,17H2,1-6H3;1-20,26-27H;1-3H,4H2;2*1H;/q-1;;-1;;;+2/p-2. The van der Waals surface area contributed by atoms with Gasteiger partial charge in [0.25, 0.3) is 0 Å². The van der Waals surface area contributed by atoms with Gasteiger partial charge in [0, 0.05) is 0 Å². The second-order valence-corrected chi connectivity index (χ2v) is 20.8. The topological polar surface area (TPSA) is 0 Å². The van der Waals surface area contributed by atoms with Crippen molar-refractivity contribution in [2.24, 2.45) is 0 Å². The Labute approximate surface area is 434 Å². The van der Waals surface area contributed by atoms with E-state index in [0.717, 1.165) is 12.8 Å². The van der Waals surface area contributed by atoms with Crippen molar-refractivity contribution in [2.45, 2.75) is 77.0 Å². The summed E-state index contributed by atoms with van der Waals surface area (Å²) < 4.78 is 1.53. The Balaban J connectivity index is 0.000000199. The van der Waals surface area contributed by atoms with E-state index in [1.54, 1.807) is 0 Å². The summed E-state index contributed by atoms with van der Waals surface area (Å²) >= 11 is 1.47.